The Balaban J connectivity index is 1.77. The van der Waals surface area contributed by atoms with Crippen LogP contribution in [0.3, 0.4) is 0 Å². The number of H-pyrrole nitrogens is 1. The molecule has 0 spiro atoms. The number of benzene rings is 1. The van der Waals surface area contributed by atoms with E-state index in [0.717, 1.165) is 25.9 Å². The summed E-state index contributed by atoms with van der Waals surface area (Å²) in [7, 11) is 0. The molecule has 3 rings (SSSR count). The van der Waals surface area contributed by atoms with Gasteiger partial charge in [-0.3, -0.25) is 4.79 Å². The van der Waals surface area contributed by atoms with E-state index in [1.807, 2.05) is 11.0 Å². The van der Waals surface area contributed by atoms with Crippen molar-refractivity contribution >= 4 is 16.8 Å². The van der Waals surface area contributed by atoms with Crippen molar-refractivity contribution in [3.63, 3.8) is 0 Å². The number of hydrogen-bond acceptors (Lipinski definition) is 2. The Hall–Kier alpha value is -1.81. The lowest BCUT2D eigenvalue weighted by Crippen LogP contribution is -2.41. The molecule has 1 aromatic heterocycles. The number of aromatic nitrogens is 1. The largest absolute Gasteiger partial charge is 0.361 e. The molecular formula is C15H19N3O. The van der Waals surface area contributed by atoms with Gasteiger partial charge in [0.15, 0.2) is 0 Å². The van der Waals surface area contributed by atoms with Crippen molar-refractivity contribution in [1.82, 2.24) is 9.88 Å². The third-order valence-electron chi connectivity index (χ3n) is 4.08. The zero-order valence-electron chi connectivity index (χ0n) is 10.9. The van der Waals surface area contributed by atoms with Crippen LogP contribution in [0.5, 0.6) is 0 Å². The lowest BCUT2D eigenvalue weighted by Gasteiger charge is -2.31. The minimum absolute atomic E-state index is 0.0670. The van der Waals surface area contributed by atoms with Gasteiger partial charge in [-0.2, -0.15) is 0 Å². The first kappa shape index (κ1) is 12.2. The second kappa shape index (κ2) is 5.05. The minimum Gasteiger partial charge on any atom is -0.361 e. The molecule has 3 N–H and O–H groups in total. The van der Waals surface area contributed by atoms with Crippen LogP contribution in [0.1, 0.15) is 24.3 Å². The van der Waals surface area contributed by atoms with Crippen LogP contribution in [0.15, 0.2) is 30.5 Å². The molecule has 19 heavy (non-hydrogen) atoms. The second-order valence-electron chi connectivity index (χ2n) is 5.15. The number of carbonyl (C=O) groups is 1. The zero-order valence-corrected chi connectivity index (χ0v) is 10.9. The van der Waals surface area contributed by atoms with Crippen LogP contribution in [-0.2, 0) is 4.79 Å². The number of para-hydroxylation sites is 1. The molecule has 1 aliphatic heterocycles. The number of aromatic amines is 1. The van der Waals surface area contributed by atoms with Crippen molar-refractivity contribution in [3.8, 4) is 0 Å². The fourth-order valence-corrected chi connectivity index (χ4v) is 3.00. The van der Waals surface area contributed by atoms with Gasteiger partial charge in [0.1, 0.15) is 0 Å². The first-order chi connectivity index (χ1) is 9.29. The first-order valence-electron chi connectivity index (χ1n) is 6.83. The van der Waals surface area contributed by atoms with Crippen molar-refractivity contribution in [3.05, 3.63) is 36.0 Å². The van der Waals surface area contributed by atoms with Gasteiger partial charge in [-0.25, -0.2) is 0 Å². The Bertz CT molecular complexity index is 582. The van der Waals surface area contributed by atoms with Gasteiger partial charge < -0.3 is 15.6 Å². The molecule has 100 valence electrons. The highest BCUT2D eigenvalue weighted by Gasteiger charge is 2.24. The van der Waals surface area contributed by atoms with Crippen molar-refractivity contribution < 1.29 is 4.79 Å². The van der Waals surface area contributed by atoms with E-state index in [1.165, 1.54) is 16.5 Å². The molecule has 0 unspecified atom stereocenters. The number of rotatable bonds is 2. The van der Waals surface area contributed by atoms with E-state index < -0.39 is 0 Å². The number of carbonyl (C=O) groups excluding carboxylic acids is 1. The number of nitrogens with two attached hydrogens (primary N) is 1. The Morgan fingerprint density at radius 3 is 2.79 bits per heavy atom. The number of hydrogen-bond donors (Lipinski definition) is 2. The summed E-state index contributed by atoms with van der Waals surface area (Å²) in [6, 6.07) is 8.39. The molecular weight excluding hydrogens is 238 g/mol. The van der Waals surface area contributed by atoms with Crippen LogP contribution in [0.2, 0.25) is 0 Å². The van der Waals surface area contributed by atoms with E-state index in [1.54, 1.807) is 0 Å². The molecule has 0 saturated carbocycles. The smallest absolute Gasteiger partial charge is 0.236 e. The molecule has 1 aromatic carbocycles. The summed E-state index contributed by atoms with van der Waals surface area (Å²) >= 11 is 0. The molecule has 2 heterocycles. The minimum atomic E-state index is 0.0670. The third kappa shape index (κ3) is 2.24. The molecule has 4 nitrogen and oxygen atoms in total. The van der Waals surface area contributed by atoms with Gasteiger partial charge in [-0.15, -0.1) is 0 Å². The summed E-state index contributed by atoms with van der Waals surface area (Å²) in [5.74, 6) is 0.607. The van der Waals surface area contributed by atoms with Crippen LogP contribution >= 0.6 is 0 Å². The maximum atomic E-state index is 11.6. The van der Waals surface area contributed by atoms with Crippen LogP contribution < -0.4 is 5.73 Å². The van der Waals surface area contributed by atoms with Gasteiger partial charge in [-0.05, 0) is 30.4 Å². The van der Waals surface area contributed by atoms with E-state index in [-0.39, 0.29) is 12.5 Å². The Morgan fingerprint density at radius 1 is 1.32 bits per heavy atom. The number of fused-ring (bicyclic) bond motifs is 1. The van der Waals surface area contributed by atoms with Crippen molar-refractivity contribution in [2.45, 2.75) is 18.8 Å². The molecule has 1 aliphatic rings. The quantitative estimate of drug-likeness (QED) is 0.862. The summed E-state index contributed by atoms with van der Waals surface area (Å²) in [5, 5.41) is 1.31. The molecule has 0 aliphatic carbocycles. The number of nitrogens with one attached hydrogen (secondary N) is 1. The number of piperidine rings is 1. The van der Waals surface area contributed by atoms with Crippen LogP contribution in [0.4, 0.5) is 0 Å². The summed E-state index contributed by atoms with van der Waals surface area (Å²) in [5.41, 5.74) is 7.99. The van der Waals surface area contributed by atoms with Crippen LogP contribution in [0.25, 0.3) is 10.9 Å². The molecule has 0 radical (unpaired) electrons. The summed E-state index contributed by atoms with van der Waals surface area (Å²) in [4.78, 5) is 16.8. The van der Waals surface area contributed by atoms with Crippen LogP contribution in [0, 0.1) is 0 Å². The molecule has 0 atom stereocenters. The predicted octanol–water partition coefficient (Wildman–Crippen LogP) is 1.83. The highest BCUT2D eigenvalue weighted by Crippen LogP contribution is 2.32. The highest BCUT2D eigenvalue weighted by atomic mass is 16.2. The summed E-state index contributed by atoms with van der Waals surface area (Å²) < 4.78 is 0. The molecule has 1 amide bonds. The third-order valence-corrected chi connectivity index (χ3v) is 4.08. The van der Waals surface area contributed by atoms with Crippen molar-refractivity contribution in [2.24, 2.45) is 5.73 Å². The number of nitrogens with zero attached hydrogens (tertiary/aromatic N) is 1. The lowest BCUT2D eigenvalue weighted by molar-refractivity contribution is -0.130. The molecule has 1 saturated heterocycles. The topological polar surface area (TPSA) is 62.1 Å². The van der Waals surface area contributed by atoms with Crippen LogP contribution in [-0.4, -0.2) is 35.4 Å². The summed E-state index contributed by atoms with van der Waals surface area (Å²) in [6.07, 6.45) is 4.16. The van der Waals surface area contributed by atoms with Gasteiger partial charge in [0, 0.05) is 30.2 Å². The normalized spacial score (nSPS) is 17.0. The van der Waals surface area contributed by atoms with Gasteiger partial charge in [-0.1, -0.05) is 18.2 Å². The van der Waals surface area contributed by atoms with E-state index in [0.29, 0.717) is 5.92 Å². The van der Waals surface area contributed by atoms with Gasteiger partial charge in [0.05, 0.1) is 6.54 Å². The fraction of sp³-hybridized carbons (Fsp3) is 0.400. The van der Waals surface area contributed by atoms with Crippen molar-refractivity contribution in [2.75, 3.05) is 19.6 Å². The molecule has 0 bridgehead atoms. The Morgan fingerprint density at radius 2 is 2.05 bits per heavy atom. The van der Waals surface area contributed by atoms with Gasteiger partial charge in [0.2, 0.25) is 5.91 Å². The average Bonchev–Trinajstić information content (AvgIpc) is 2.90. The lowest BCUT2D eigenvalue weighted by atomic mass is 9.89. The standard InChI is InChI=1S/C15H19N3O/c16-9-15(19)18-7-5-11(6-8-18)13-10-17-14-4-2-1-3-12(13)14/h1-4,10-11,17H,5-9,16H2. The Labute approximate surface area is 112 Å². The van der Waals surface area contributed by atoms with E-state index >= 15 is 0 Å². The SMILES string of the molecule is NCC(=O)N1CCC(c2c[nH]c3ccccc23)CC1. The van der Waals surface area contributed by atoms with E-state index in [2.05, 4.69) is 29.4 Å². The zero-order chi connectivity index (χ0) is 13.2. The summed E-state index contributed by atoms with van der Waals surface area (Å²) in [6.45, 7) is 1.76. The Kier molecular flexibility index (Phi) is 3.25. The number of amides is 1. The predicted molar refractivity (Wildman–Crippen MR) is 75.9 cm³/mol. The molecule has 4 heteroatoms. The monoisotopic (exact) mass is 257 g/mol. The maximum absolute atomic E-state index is 11.6. The van der Waals surface area contributed by atoms with Gasteiger partial charge >= 0.3 is 0 Å². The fourth-order valence-electron chi connectivity index (χ4n) is 3.00. The first-order valence-corrected chi connectivity index (χ1v) is 6.83. The van der Waals surface area contributed by atoms with Crippen molar-refractivity contribution in [1.29, 1.82) is 0 Å². The molecule has 1 fully saturated rings. The van der Waals surface area contributed by atoms with Gasteiger partial charge in [0.25, 0.3) is 0 Å². The number of likely N-dealkylation sites (tertiary alicyclic amines) is 1. The maximum Gasteiger partial charge on any atom is 0.236 e. The average molecular weight is 257 g/mol. The van der Waals surface area contributed by atoms with E-state index in [9.17, 15) is 4.79 Å². The highest BCUT2D eigenvalue weighted by molar-refractivity contribution is 5.83. The second-order valence-corrected chi connectivity index (χ2v) is 5.15. The molecule has 2 aromatic rings. The van der Waals surface area contributed by atoms with E-state index in [4.69, 9.17) is 5.73 Å².